The maximum Gasteiger partial charge on any atom is 0.133 e. The summed E-state index contributed by atoms with van der Waals surface area (Å²) in [6.45, 7) is 0. The molecule has 1 nitrogen and oxygen atoms in total. The van der Waals surface area contributed by atoms with Crippen LogP contribution in [0.3, 0.4) is 0 Å². The van der Waals surface area contributed by atoms with Gasteiger partial charge in [-0.15, -0.1) is 0 Å². The van der Waals surface area contributed by atoms with Crippen LogP contribution in [0.5, 0.6) is 0 Å². The van der Waals surface area contributed by atoms with Crippen LogP contribution in [-0.4, -0.2) is 10.2 Å². The zero-order valence-corrected chi connectivity index (χ0v) is 7.56. The van der Waals surface area contributed by atoms with Crippen LogP contribution in [0.2, 0.25) is 0 Å². The lowest BCUT2D eigenvalue weighted by molar-refractivity contribution is -0.117. The summed E-state index contributed by atoms with van der Waals surface area (Å²) in [5.41, 5.74) is 0. The molecule has 0 heterocycles. The van der Waals surface area contributed by atoms with Gasteiger partial charge >= 0.3 is 0 Å². The molecule has 52 valence electrons. The predicted molar refractivity (Wildman–Crippen MR) is 45.9 cm³/mol. The average Bonchev–Trinajstić information content (AvgIpc) is 2.17. The van der Waals surface area contributed by atoms with E-state index in [9.17, 15) is 4.79 Å². The average molecular weight is 238 g/mol. The molecule has 0 aromatic carbocycles. The third-order valence-corrected chi connectivity index (χ3v) is 2.49. The monoisotopic (exact) mass is 238 g/mol. The van der Waals surface area contributed by atoms with Gasteiger partial charge in [0.2, 0.25) is 0 Å². The van der Waals surface area contributed by atoms with Gasteiger partial charge in [-0.25, -0.2) is 0 Å². The van der Waals surface area contributed by atoms with Gasteiger partial charge in [-0.1, -0.05) is 22.6 Å². The maximum atomic E-state index is 10.7. The fourth-order valence-electron chi connectivity index (χ4n) is 1.29. The molecule has 0 saturated heterocycles. The summed E-state index contributed by atoms with van der Waals surface area (Å²) in [7, 11) is 0. The van der Waals surface area contributed by atoms with Crippen molar-refractivity contribution in [1.29, 1.82) is 0 Å². The zero-order valence-electron chi connectivity index (χ0n) is 5.40. The van der Waals surface area contributed by atoms with Crippen molar-refractivity contribution < 1.29 is 4.79 Å². The van der Waals surface area contributed by atoms with Crippen molar-refractivity contribution in [3.05, 3.63) is 0 Å². The summed E-state index contributed by atoms with van der Waals surface area (Å²) in [6.07, 6.45) is 4.11. The van der Waals surface area contributed by atoms with Crippen LogP contribution in [0.4, 0.5) is 0 Å². The molecule has 0 bridgehead atoms. The largest absolute Gasteiger partial charge is 0.300 e. The lowest BCUT2D eigenvalue weighted by Crippen LogP contribution is -1.94. The molecule has 9 heavy (non-hydrogen) atoms. The van der Waals surface area contributed by atoms with Gasteiger partial charge in [-0.2, -0.15) is 0 Å². The molecule has 0 radical (unpaired) electrons. The van der Waals surface area contributed by atoms with E-state index in [1.54, 1.807) is 0 Å². The van der Waals surface area contributed by atoms with Crippen molar-refractivity contribution in [3.63, 3.8) is 0 Å². The number of carbonyl (C=O) groups excluding carboxylic acids is 1. The van der Waals surface area contributed by atoms with E-state index in [0.717, 1.165) is 25.2 Å². The van der Waals surface area contributed by atoms with Gasteiger partial charge in [0.05, 0.1) is 0 Å². The first-order chi connectivity index (χ1) is 4.33. The molecule has 1 rings (SSSR count). The molecule has 1 aliphatic carbocycles. The van der Waals surface area contributed by atoms with Crippen LogP contribution in [0.25, 0.3) is 0 Å². The number of Topliss-reactive ketones (excluding diaryl/α,β-unsaturated/α-hetero) is 1. The third kappa shape index (κ3) is 2.24. The second kappa shape index (κ2) is 3.54. The van der Waals surface area contributed by atoms with E-state index in [-0.39, 0.29) is 0 Å². The number of rotatable bonds is 2. The molecule has 1 atom stereocenters. The normalized spacial score (nSPS) is 27.2. The number of carbonyl (C=O) groups is 1. The van der Waals surface area contributed by atoms with Crippen LogP contribution in [0.1, 0.15) is 25.7 Å². The van der Waals surface area contributed by atoms with Gasteiger partial charge < -0.3 is 0 Å². The van der Waals surface area contributed by atoms with E-state index < -0.39 is 0 Å². The highest BCUT2D eigenvalue weighted by atomic mass is 127. The van der Waals surface area contributed by atoms with Crippen LogP contribution in [0.15, 0.2) is 0 Å². The van der Waals surface area contributed by atoms with Crippen molar-refractivity contribution in [2.75, 3.05) is 4.43 Å². The minimum absolute atomic E-state index is 0.477. The summed E-state index contributed by atoms with van der Waals surface area (Å²) in [5.74, 6) is 1.21. The first kappa shape index (κ1) is 7.51. The van der Waals surface area contributed by atoms with Gasteiger partial charge in [0.25, 0.3) is 0 Å². The molecule has 0 aromatic heterocycles. The number of ketones is 1. The molecule has 1 fully saturated rings. The van der Waals surface area contributed by atoms with Crippen molar-refractivity contribution in [1.82, 2.24) is 0 Å². The van der Waals surface area contributed by atoms with Gasteiger partial charge in [0.1, 0.15) is 5.78 Å². The highest BCUT2D eigenvalue weighted by Gasteiger charge is 2.20. The summed E-state index contributed by atoms with van der Waals surface area (Å²) in [5, 5.41) is 0. The Morgan fingerprint density at radius 1 is 1.67 bits per heavy atom. The first-order valence-corrected chi connectivity index (χ1v) is 4.93. The highest BCUT2D eigenvalue weighted by Crippen LogP contribution is 2.25. The quantitative estimate of drug-likeness (QED) is 0.532. The lowest BCUT2D eigenvalue weighted by Gasteiger charge is -2.01. The van der Waals surface area contributed by atoms with Gasteiger partial charge in [-0.05, 0) is 23.2 Å². The molecular formula is C7H11IO. The summed E-state index contributed by atoms with van der Waals surface area (Å²) in [6, 6.07) is 0. The molecule has 0 amide bonds. The van der Waals surface area contributed by atoms with E-state index in [0.29, 0.717) is 5.78 Å². The molecule has 0 aliphatic heterocycles. The summed E-state index contributed by atoms with van der Waals surface area (Å²) < 4.78 is 1.20. The second-order valence-corrected chi connectivity index (χ2v) is 3.70. The first-order valence-electron chi connectivity index (χ1n) is 3.40. The van der Waals surface area contributed by atoms with Gasteiger partial charge in [-0.3, -0.25) is 4.79 Å². The van der Waals surface area contributed by atoms with E-state index in [1.807, 2.05) is 0 Å². The number of alkyl halides is 1. The molecule has 0 spiro atoms. The van der Waals surface area contributed by atoms with E-state index in [1.165, 1.54) is 10.8 Å². The third-order valence-electron chi connectivity index (χ3n) is 1.87. The Bertz CT molecular complexity index is 111. The topological polar surface area (TPSA) is 17.1 Å². The van der Waals surface area contributed by atoms with Crippen LogP contribution >= 0.6 is 22.6 Å². The smallest absolute Gasteiger partial charge is 0.133 e. The maximum absolute atomic E-state index is 10.7. The fraction of sp³-hybridized carbons (Fsp3) is 0.857. The van der Waals surface area contributed by atoms with Crippen molar-refractivity contribution >= 4 is 28.4 Å². The molecule has 2 heteroatoms. The summed E-state index contributed by atoms with van der Waals surface area (Å²) >= 11 is 2.37. The Morgan fingerprint density at radius 3 is 2.89 bits per heavy atom. The number of hydrogen-bond donors (Lipinski definition) is 0. The van der Waals surface area contributed by atoms with Crippen molar-refractivity contribution in [3.8, 4) is 0 Å². The minimum atomic E-state index is 0.477. The molecular weight excluding hydrogens is 227 g/mol. The van der Waals surface area contributed by atoms with Crippen LogP contribution in [0, 0.1) is 5.92 Å². The standard InChI is InChI=1S/C7H11IO/c8-4-3-6-1-2-7(9)5-6/h6H,1-5H2. The molecule has 1 aliphatic rings. The van der Waals surface area contributed by atoms with Gasteiger partial charge in [0.15, 0.2) is 0 Å². The lowest BCUT2D eigenvalue weighted by atomic mass is 10.1. The second-order valence-electron chi connectivity index (χ2n) is 2.63. The summed E-state index contributed by atoms with van der Waals surface area (Å²) in [4.78, 5) is 10.7. The van der Waals surface area contributed by atoms with E-state index in [2.05, 4.69) is 22.6 Å². The van der Waals surface area contributed by atoms with Crippen molar-refractivity contribution in [2.45, 2.75) is 25.7 Å². The molecule has 1 saturated carbocycles. The Labute approximate surface area is 69.3 Å². The Hall–Kier alpha value is 0.400. The molecule has 0 aromatic rings. The SMILES string of the molecule is O=C1CCC(CCI)C1. The zero-order chi connectivity index (χ0) is 6.69. The Kier molecular flexibility index (Phi) is 2.95. The Balaban J connectivity index is 2.22. The number of hydrogen-bond acceptors (Lipinski definition) is 1. The van der Waals surface area contributed by atoms with Crippen LogP contribution in [-0.2, 0) is 4.79 Å². The van der Waals surface area contributed by atoms with Crippen molar-refractivity contribution in [2.24, 2.45) is 5.92 Å². The van der Waals surface area contributed by atoms with E-state index in [4.69, 9.17) is 0 Å². The molecule has 1 unspecified atom stereocenters. The number of halogens is 1. The predicted octanol–water partition coefficient (Wildman–Crippen LogP) is 2.18. The highest BCUT2D eigenvalue weighted by molar-refractivity contribution is 14.1. The molecule has 0 N–H and O–H groups in total. The van der Waals surface area contributed by atoms with E-state index >= 15 is 0 Å². The van der Waals surface area contributed by atoms with Crippen LogP contribution < -0.4 is 0 Å². The fourth-order valence-corrected chi connectivity index (χ4v) is 2.17. The Morgan fingerprint density at radius 2 is 2.44 bits per heavy atom. The minimum Gasteiger partial charge on any atom is -0.300 e. The van der Waals surface area contributed by atoms with Gasteiger partial charge in [0, 0.05) is 12.8 Å².